The molecule has 6 aliphatic rings. The molecule has 2 N–H and O–H groups in total. The van der Waals surface area contributed by atoms with Crippen LogP contribution in [0.2, 0.25) is 0 Å². The molecule has 6 aromatic rings. The first-order valence-corrected chi connectivity index (χ1v) is 22.5. The standard InChI is InChI=1S/C50H40N2O7S/c53-33-14-17-35-42(26-33)58-43-27-34(54)15-18-36(43)46(35)37-16-13-30(25-44(37)60(55,56)57)28-9-11-29(12-10-28)45-40-23-31-5-1-19-51-21-3-7-38(47(31)51)49(40)59-50-39-8-4-22-52-20-2-6-32(48(39)52)24-41(45)50/h9-18,23-27H,1-8,19-22H2,(H-,53,54,55,56,57)/p+1. The monoisotopic (exact) mass is 813 g/mol. The maximum atomic E-state index is 13.3. The first kappa shape index (κ1) is 35.7. The third-order valence-electron chi connectivity index (χ3n) is 13.4. The van der Waals surface area contributed by atoms with E-state index in [1.807, 2.05) is 18.2 Å². The predicted octanol–water partition coefficient (Wildman–Crippen LogP) is 10.4. The summed E-state index contributed by atoms with van der Waals surface area (Å²) in [6, 6.07) is 27.0. The van der Waals surface area contributed by atoms with Crippen molar-refractivity contribution in [2.24, 2.45) is 0 Å². The first-order valence-electron chi connectivity index (χ1n) is 21.0. The van der Waals surface area contributed by atoms with E-state index in [4.69, 9.17) is 8.83 Å². The number of aryl methyl sites for hydroxylation is 4. The number of aromatic hydroxyl groups is 1. The number of anilines is 2. The molecule has 0 saturated heterocycles. The highest BCUT2D eigenvalue weighted by Gasteiger charge is 2.37. The number of hydrogen-bond acceptors (Lipinski definition) is 7. The van der Waals surface area contributed by atoms with E-state index in [1.54, 1.807) is 18.2 Å². The van der Waals surface area contributed by atoms with E-state index in [0.717, 1.165) is 111 Å². The van der Waals surface area contributed by atoms with Crippen LogP contribution in [0.3, 0.4) is 0 Å². The largest absolute Gasteiger partial charge is 0.508 e. The third kappa shape index (κ3) is 5.43. The lowest BCUT2D eigenvalue weighted by atomic mass is 9.84. The van der Waals surface area contributed by atoms with Gasteiger partial charge < -0.3 is 19.3 Å². The minimum atomic E-state index is -4.75. The molecule has 1 aliphatic carbocycles. The van der Waals surface area contributed by atoms with Gasteiger partial charge in [-0.15, -0.1) is 0 Å². The number of nitrogens with zero attached hydrogens (tertiary/aromatic N) is 2. The van der Waals surface area contributed by atoms with Crippen LogP contribution in [0.5, 0.6) is 5.75 Å². The van der Waals surface area contributed by atoms with E-state index < -0.39 is 10.1 Å². The zero-order valence-electron chi connectivity index (χ0n) is 32.9. The lowest BCUT2D eigenvalue weighted by Gasteiger charge is -2.36. The van der Waals surface area contributed by atoms with E-state index in [9.17, 15) is 22.9 Å². The molecule has 0 saturated carbocycles. The fourth-order valence-electron chi connectivity index (χ4n) is 10.9. The lowest BCUT2D eigenvalue weighted by Crippen LogP contribution is -2.34. The van der Waals surface area contributed by atoms with Gasteiger partial charge in [0.1, 0.15) is 22.0 Å². The zero-order chi connectivity index (χ0) is 40.4. The van der Waals surface area contributed by atoms with Crippen LogP contribution in [0.1, 0.15) is 47.9 Å². The van der Waals surface area contributed by atoms with Gasteiger partial charge in [-0.3, -0.25) is 9.35 Å². The van der Waals surface area contributed by atoms with Crippen molar-refractivity contribution in [2.75, 3.05) is 36.0 Å². The minimum Gasteiger partial charge on any atom is -0.508 e. The molecule has 0 amide bonds. The predicted molar refractivity (Wildman–Crippen MR) is 236 cm³/mol. The highest BCUT2D eigenvalue weighted by molar-refractivity contribution is 7.86. The molecule has 9 nitrogen and oxygen atoms in total. The molecule has 10 heteroatoms. The number of phenolic OH excluding ortho intramolecular Hbond substituents is 1. The Labute approximate surface area is 346 Å². The Bertz CT molecular complexity index is 3210. The average Bonchev–Trinajstić information content (AvgIpc) is 3.25. The Morgan fingerprint density at radius 1 is 0.583 bits per heavy atom. The van der Waals surface area contributed by atoms with E-state index in [0.29, 0.717) is 22.1 Å². The smallest absolute Gasteiger partial charge is 0.366 e. The summed E-state index contributed by atoms with van der Waals surface area (Å²) >= 11 is 0. The summed E-state index contributed by atoms with van der Waals surface area (Å²) in [5.41, 5.74) is 15.1. The second kappa shape index (κ2) is 13.1. The SMILES string of the molecule is O=c1ccc2c(-c3ccc(-c4ccc(-c5c6cc7c8c(c6[o+]c6c9c%10c(cc56)CCCN%10CCC9)CCCN8CCC7)cc4)cc3S(=O)(=O)O)c3ccc(O)cc3oc-2c1. The van der Waals surface area contributed by atoms with Crippen LogP contribution < -0.4 is 15.2 Å². The van der Waals surface area contributed by atoms with Gasteiger partial charge in [0.2, 0.25) is 0 Å². The molecule has 60 heavy (non-hydrogen) atoms. The fourth-order valence-corrected chi connectivity index (χ4v) is 11.6. The van der Waals surface area contributed by atoms with E-state index in [-0.39, 0.29) is 33.0 Å². The van der Waals surface area contributed by atoms with Gasteiger partial charge in [0.25, 0.3) is 10.1 Å². The van der Waals surface area contributed by atoms with Crippen molar-refractivity contribution in [2.45, 2.75) is 56.3 Å². The third-order valence-corrected chi connectivity index (χ3v) is 14.3. The van der Waals surface area contributed by atoms with Crippen molar-refractivity contribution in [3.63, 3.8) is 0 Å². The lowest BCUT2D eigenvalue weighted by molar-refractivity contribution is 0.474. The Morgan fingerprint density at radius 2 is 1.17 bits per heavy atom. The Balaban J connectivity index is 1.05. The second-order valence-electron chi connectivity index (χ2n) is 16.9. The number of benzene rings is 6. The van der Waals surface area contributed by atoms with Gasteiger partial charge in [-0.2, -0.15) is 8.42 Å². The molecule has 12 rings (SSSR count). The fraction of sp³-hybridized carbons (Fsp3) is 0.240. The highest BCUT2D eigenvalue weighted by atomic mass is 32.2. The summed E-state index contributed by atoms with van der Waals surface area (Å²) in [5.74, 6) is 0.185. The summed E-state index contributed by atoms with van der Waals surface area (Å²) < 4.78 is 50.5. The number of hydrogen-bond donors (Lipinski definition) is 2. The van der Waals surface area contributed by atoms with Crippen LogP contribution in [-0.2, 0) is 35.8 Å². The van der Waals surface area contributed by atoms with Gasteiger partial charge in [0.05, 0.1) is 33.3 Å². The topological polar surface area (TPSA) is 123 Å². The Kier molecular flexibility index (Phi) is 7.81. The first-order chi connectivity index (χ1) is 29.2. The maximum absolute atomic E-state index is 13.3. The van der Waals surface area contributed by atoms with Crippen molar-refractivity contribution in [1.29, 1.82) is 0 Å². The van der Waals surface area contributed by atoms with E-state index in [2.05, 4.69) is 34.1 Å². The van der Waals surface area contributed by atoms with Crippen molar-refractivity contribution in [3.05, 3.63) is 123 Å². The molecule has 0 unspecified atom stereocenters. The van der Waals surface area contributed by atoms with Crippen LogP contribution in [-0.4, -0.2) is 44.3 Å². The van der Waals surface area contributed by atoms with Crippen molar-refractivity contribution < 1.29 is 26.9 Å². The summed E-state index contributed by atoms with van der Waals surface area (Å²) in [4.78, 5) is 17.2. The quantitative estimate of drug-likeness (QED) is 0.102. The molecule has 0 bridgehead atoms. The molecule has 0 atom stereocenters. The molecule has 0 spiro atoms. The normalized spacial score (nSPS) is 16.1. The summed E-state index contributed by atoms with van der Waals surface area (Å²) in [5, 5.41) is 13.1. The molecule has 0 radical (unpaired) electrons. The Hall–Kier alpha value is -6.23. The molecular formula is C50H41N2O7S+. The van der Waals surface area contributed by atoms with Gasteiger partial charge >= 0.3 is 11.2 Å². The van der Waals surface area contributed by atoms with E-state index in [1.165, 1.54) is 69.5 Å². The summed E-state index contributed by atoms with van der Waals surface area (Å²) in [6.45, 7) is 4.34. The molecule has 298 valence electrons. The van der Waals surface area contributed by atoms with Gasteiger partial charge in [-0.05, 0) is 122 Å². The summed E-state index contributed by atoms with van der Waals surface area (Å²) in [6.07, 6.45) is 8.58. The maximum Gasteiger partial charge on any atom is 0.366 e. The van der Waals surface area contributed by atoms with Crippen LogP contribution in [0.15, 0.2) is 110 Å². The van der Waals surface area contributed by atoms with Gasteiger partial charge in [-0.1, -0.05) is 36.4 Å². The summed E-state index contributed by atoms with van der Waals surface area (Å²) in [7, 11) is -4.75. The van der Waals surface area contributed by atoms with Crippen molar-refractivity contribution in [3.8, 4) is 50.5 Å². The molecule has 1 aromatic heterocycles. The molecule has 5 aromatic carbocycles. The van der Waals surface area contributed by atoms with Crippen LogP contribution in [0.4, 0.5) is 11.4 Å². The molecular weight excluding hydrogens is 773 g/mol. The van der Waals surface area contributed by atoms with Crippen molar-refractivity contribution in [1.82, 2.24) is 0 Å². The number of fused-ring (bicyclic) bond motifs is 6. The molecule has 5 aliphatic heterocycles. The van der Waals surface area contributed by atoms with Crippen LogP contribution in [0, 0.1) is 0 Å². The highest BCUT2D eigenvalue weighted by Crippen LogP contribution is 2.50. The molecule has 0 fully saturated rings. The van der Waals surface area contributed by atoms with Crippen LogP contribution in [0.25, 0.3) is 77.6 Å². The van der Waals surface area contributed by atoms with E-state index >= 15 is 0 Å². The molecule has 6 heterocycles. The van der Waals surface area contributed by atoms with Crippen LogP contribution >= 0.6 is 0 Å². The average molecular weight is 814 g/mol. The second-order valence-corrected chi connectivity index (χ2v) is 18.3. The van der Waals surface area contributed by atoms with Gasteiger partial charge in [0.15, 0.2) is 5.43 Å². The minimum absolute atomic E-state index is 0.0456. The van der Waals surface area contributed by atoms with Crippen molar-refractivity contribution >= 4 is 54.4 Å². The number of rotatable bonds is 4. The zero-order valence-corrected chi connectivity index (χ0v) is 33.7. The van der Waals surface area contributed by atoms with Gasteiger partial charge in [-0.25, -0.2) is 4.42 Å². The van der Waals surface area contributed by atoms with Gasteiger partial charge in [0, 0.05) is 66.0 Å². The number of phenols is 1. The Morgan fingerprint density at radius 3 is 1.80 bits per heavy atom.